The third-order valence-corrected chi connectivity index (χ3v) is 25.6. The fraction of sp³-hybridized carbons (Fsp3) is 0.833. The monoisotopic (exact) mass is 1850 g/mol. The molecule has 0 saturated heterocycles. The third-order valence-electron chi connectivity index (χ3n) is 23.2. The first-order chi connectivity index (χ1) is 54.2. The molecule has 124 heavy (non-hydrogen) atoms. The second-order valence-corrected chi connectivity index (χ2v) is 52.7. The Morgan fingerprint density at radius 1 is 0.427 bits per heavy atom. The van der Waals surface area contributed by atoms with Crippen LogP contribution in [0.15, 0.2) is 73.9 Å². The molecule has 7 aliphatic carbocycles. The average molecular weight is 1850 g/mol. The molecule has 0 aromatic carbocycles. The Morgan fingerprint density at radius 2 is 0.702 bits per heavy atom. The van der Waals surface area contributed by atoms with Gasteiger partial charge < -0.3 is 45.2 Å². The van der Waals surface area contributed by atoms with Crippen molar-refractivity contribution in [2.45, 2.75) is 399 Å². The molecule has 0 aromatic heterocycles. The zero-order valence-electron chi connectivity index (χ0n) is 87.1. The van der Waals surface area contributed by atoms with Gasteiger partial charge in [-0.1, -0.05) is 284 Å². The topological polar surface area (TPSA) is 202 Å². The molecule has 22 heteroatoms. The van der Waals surface area contributed by atoms with E-state index in [4.69, 9.17) is 63.2 Å². The summed E-state index contributed by atoms with van der Waals surface area (Å²) in [5.41, 5.74) is 6.85. The van der Waals surface area contributed by atoms with E-state index in [1.807, 2.05) is 32.9 Å². The maximum absolute atomic E-state index is 12.0. The molecule has 0 aliphatic heterocycles. The van der Waals surface area contributed by atoms with Gasteiger partial charge in [0, 0.05) is 33.6 Å². The van der Waals surface area contributed by atoms with Gasteiger partial charge in [-0.25, -0.2) is 9.59 Å². The molecule has 0 atom stereocenters. The van der Waals surface area contributed by atoms with Gasteiger partial charge in [-0.3, -0.25) is 23.7 Å². The Hall–Kier alpha value is -2.21. The number of ketones is 1. The number of carbonyl (C=O) groups is 5. The predicted molar refractivity (Wildman–Crippen MR) is 531 cm³/mol. The molecule has 7 aliphatic rings. The van der Waals surface area contributed by atoms with Gasteiger partial charge in [0.25, 0.3) is 9.70 Å². The van der Waals surface area contributed by atoms with Crippen LogP contribution >= 0.6 is 42.4 Å². The van der Waals surface area contributed by atoms with E-state index in [-0.39, 0.29) is 126 Å². The van der Waals surface area contributed by atoms with Gasteiger partial charge in [0.2, 0.25) is 0 Å². The molecule has 0 aromatic rings. The summed E-state index contributed by atoms with van der Waals surface area (Å²) in [4.78, 5) is 57.2. The number of alkyl halides is 3. The molecule has 7 rings (SSSR count). The fourth-order valence-electron chi connectivity index (χ4n) is 24.9. The number of carbonyl (C=O) groups excluding carboxylic acids is 5. The first-order valence-electron chi connectivity index (χ1n) is 45.3. The van der Waals surface area contributed by atoms with Crippen molar-refractivity contribution in [3.05, 3.63) is 73.9 Å². The standard InChI is InChI=1S/C14H22Cl3NO.C14H25NO2.C14H24O2.2C13H24.C12H22O.C10H18O.C8H17O5P.C4H10O.Al.FH.Li.H2.4H/c1-6-13(18-10(19)14(15,16)17)8-11(2,3)7-12(4,5)9-13;1-7-14(15-11(16)17-6)9-12(2,3)8-13(4,5)10-14;1-6-16-12(15)7-11-8-13(2,3)10-14(4,5)9-11;2*1-7-13(6)9-11(2,3)8-12(4,5)10-13;1-11(2)7-10(5-6-13)8-12(3,4)9-11;1-9(2)5-8(11)6-10(3,4)7-9;1-4-11-8(9)7-14(10,12-5-2)13-6-3;1-3-5-4-2;;;;;;;;/h6H,1,7-9H2,2-5H3,(H,18,19);7H,1,8-10H2,2-6H3,(H,15,16);7H,6,8-10H2,1-5H3;2*7H,1,8-10H2,2-6H3;5,13H,6-9H2,1-4H3;5-7H2,1-4H3;4-7H2,1-3H3;3-4H2,1-2H3;;1H;;1H;;;;/q;;;;;;;;;;;+1;;;;;-1/i;;;;;;;;;;;;1+2;;;;. The van der Waals surface area contributed by atoms with Crippen molar-refractivity contribution in [1.82, 2.24) is 10.6 Å². The maximum atomic E-state index is 12.0. The number of aliphatic hydroxyl groups is 1. The Balaban J connectivity index is -0.000000254. The van der Waals surface area contributed by atoms with Crippen LogP contribution in [0.5, 0.6) is 0 Å². The van der Waals surface area contributed by atoms with Gasteiger partial charge in [0.05, 0.1) is 51.2 Å². The molecule has 7 saturated carbocycles. The van der Waals surface area contributed by atoms with Crippen molar-refractivity contribution in [1.29, 1.82) is 0 Å². The van der Waals surface area contributed by atoms with Gasteiger partial charge >= 0.3 is 44.5 Å². The van der Waals surface area contributed by atoms with Crippen LogP contribution in [0.2, 0.25) is 0 Å². The van der Waals surface area contributed by atoms with Crippen LogP contribution < -0.4 is 29.5 Å². The summed E-state index contributed by atoms with van der Waals surface area (Å²) in [6.07, 6.45) is 33.9. The van der Waals surface area contributed by atoms with Crippen LogP contribution in [-0.4, -0.2) is 127 Å². The van der Waals surface area contributed by atoms with E-state index in [1.54, 1.807) is 32.9 Å². The van der Waals surface area contributed by atoms with E-state index in [9.17, 15) is 28.5 Å². The summed E-state index contributed by atoms with van der Waals surface area (Å²) >= 11 is 16.9. The fourth-order valence-corrected chi connectivity index (χ4v) is 26.5. The van der Waals surface area contributed by atoms with E-state index in [0.717, 1.165) is 90.3 Å². The summed E-state index contributed by atoms with van der Waals surface area (Å²) in [5.74, 6) is -0.902. The number of halogens is 4. The Morgan fingerprint density at radius 3 is 0.935 bits per heavy atom. The van der Waals surface area contributed by atoms with E-state index < -0.39 is 28.8 Å². The van der Waals surface area contributed by atoms with Crippen LogP contribution in [0.4, 0.5) is 9.50 Å². The first-order valence-corrected chi connectivity index (χ1v) is 48.1. The average Bonchev–Trinajstić information content (AvgIpc) is 0.768. The molecule has 0 heterocycles. The predicted octanol–water partition coefficient (Wildman–Crippen LogP) is 25.8. The second-order valence-electron chi connectivity index (χ2n) is 48.3. The molecule has 0 bridgehead atoms. The number of alkyl carbamates (subject to hydrolysis) is 1. The van der Waals surface area contributed by atoms with Gasteiger partial charge in [-0.2, -0.15) is 0 Å². The molecule has 15 nitrogen and oxygen atoms in total. The van der Waals surface area contributed by atoms with Crippen LogP contribution in [0.3, 0.4) is 0 Å². The van der Waals surface area contributed by atoms with Gasteiger partial charge in [0.1, 0.15) is 11.9 Å². The zero-order chi connectivity index (χ0) is 95.4. The van der Waals surface area contributed by atoms with Crippen molar-refractivity contribution in [3.63, 3.8) is 0 Å². The Labute approximate surface area is 801 Å². The van der Waals surface area contributed by atoms with Crippen molar-refractivity contribution >= 4 is 89.5 Å². The van der Waals surface area contributed by atoms with E-state index in [2.05, 4.69) is 262 Å². The summed E-state index contributed by atoms with van der Waals surface area (Å²) < 4.78 is 38.8. The van der Waals surface area contributed by atoms with Gasteiger partial charge in [-0.05, 0) is 250 Å². The number of hydrogen-bond donors (Lipinski definition) is 3. The Bertz CT molecular complexity index is 3250. The number of ether oxygens (including phenoxy) is 4. The molecule has 0 spiro atoms. The minimum Gasteiger partial charge on any atom is -1.00 e. The molecule has 2 amide bonds. The number of nitrogens with one attached hydrogen (secondary N) is 2. The van der Waals surface area contributed by atoms with E-state index in [0.29, 0.717) is 66.5 Å². The number of amides is 2. The number of aliphatic hydroxyl groups excluding tert-OH is 1. The smallest absolute Gasteiger partial charge is 1.00 e. The quantitative estimate of drug-likeness (QED) is 0.0223. The zero-order valence-corrected chi connectivity index (χ0v) is 89.3. The van der Waals surface area contributed by atoms with Crippen molar-refractivity contribution in [2.24, 2.45) is 86.6 Å². The molecule has 3 N–H and O–H groups in total. The van der Waals surface area contributed by atoms with Gasteiger partial charge in [0.15, 0.2) is 17.4 Å². The molecule has 7 fully saturated rings. The van der Waals surface area contributed by atoms with Gasteiger partial charge in [-0.15, -0.1) is 26.3 Å². The largest absolute Gasteiger partial charge is 1.00 e. The number of hydrogen-bond acceptors (Lipinski definition) is 13. The first kappa shape index (κ1) is 130. The minimum absolute atomic E-state index is 0. The third kappa shape index (κ3) is 54.7. The number of rotatable bonds is 18. The Kier molecular flexibility index (Phi) is 55.1. The van der Waals surface area contributed by atoms with Crippen LogP contribution in [0, 0.1) is 86.6 Å². The number of methoxy groups -OCH3 is 1. The maximum Gasteiger partial charge on any atom is 1.00 e. The van der Waals surface area contributed by atoms with E-state index >= 15 is 0 Å². The molecule has 726 valence electrons. The van der Waals surface area contributed by atoms with Crippen molar-refractivity contribution in [3.8, 4) is 0 Å². The summed E-state index contributed by atoms with van der Waals surface area (Å²) in [7, 11) is -1.89. The van der Waals surface area contributed by atoms with Crippen LogP contribution in [0.1, 0.15) is 387 Å². The number of esters is 2. The van der Waals surface area contributed by atoms with Crippen molar-refractivity contribution < 1.29 is 88.1 Å². The SMILES string of the molecule is C=CC1(C)CC(C)(C)CC(C)(C)C1.C=CC1(C)CC(C)(C)CC(C)(C)C1.C=CC1(NC(=O)C(Cl)(Cl)Cl)CC(C)(C)CC(C)(C)C1.C=CC1(NC(=O)OC)CC(C)(C)CC(C)(C)C1.CC1(C)CC(=CCO)CC(C)(C)C1.CC1(C)CC(=O)CC(C)(C)C1.CCOC(=O)C=C1CC(C)(C)CC(C)(C)C1.CCOC(=O)CP(=O)(OCC)OCC.CCOCC.F.[3HH].[AlH3].[H-].[Li+]. The molecular formula is C102H193AlCl3FLiN2O13P. The molecule has 0 radical (unpaired) electrons. The van der Waals surface area contributed by atoms with E-state index in [1.165, 1.54) is 76.0 Å². The number of allylic oxidation sites excluding steroid dienone is 4. The normalized spacial score (nSPS) is 23.2. The van der Waals surface area contributed by atoms with Crippen LogP contribution in [0.25, 0.3) is 0 Å². The second kappa shape index (κ2) is 52.4. The van der Waals surface area contributed by atoms with Crippen LogP contribution in [-0.2, 0) is 51.7 Å². The van der Waals surface area contributed by atoms with Crippen molar-refractivity contribution in [2.75, 3.05) is 59.5 Å². The summed E-state index contributed by atoms with van der Waals surface area (Å²) in [6.45, 7) is 98.3. The summed E-state index contributed by atoms with van der Waals surface area (Å²) in [5, 5.41) is 14.7. The number of Topliss-reactive ketones (excluding diaryl/α,β-unsaturated/α-hetero) is 1. The molecular weight excluding hydrogens is 1650 g/mol. The summed E-state index contributed by atoms with van der Waals surface area (Å²) in [6, 6.07) is 0. The molecule has 0 unspecified atom stereocenters. The minimum atomic E-state index is -3.28.